The number of hydrogen-bond donors (Lipinski definition) is 2. The minimum absolute atomic E-state index is 0.155. The summed E-state index contributed by atoms with van der Waals surface area (Å²) in [7, 11) is 0. The zero-order valence-electron chi connectivity index (χ0n) is 19.4. The third-order valence-corrected chi connectivity index (χ3v) is 8.72. The van der Waals surface area contributed by atoms with Crippen molar-refractivity contribution in [1.29, 1.82) is 0 Å². The van der Waals surface area contributed by atoms with Crippen molar-refractivity contribution in [3.05, 3.63) is 58.6 Å². The molecule has 1 aromatic carbocycles. The number of nitrogens with zero attached hydrogens (tertiary/aromatic N) is 4. The number of carbonyl (C=O) groups excluding carboxylic acids is 1. The number of fused-ring (bicyclic) bond motifs is 3. The molecule has 35 heavy (non-hydrogen) atoms. The first kappa shape index (κ1) is 21.0. The van der Waals surface area contributed by atoms with Gasteiger partial charge in [-0.25, -0.2) is 15.0 Å². The lowest BCUT2D eigenvalue weighted by molar-refractivity contribution is 0.102. The van der Waals surface area contributed by atoms with Crippen LogP contribution < -0.4 is 11.1 Å². The summed E-state index contributed by atoms with van der Waals surface area (Å²) in [4.78, 5) is 28.2. The fourth-order valence-corrected chi connectivity index (χ4v) is 6.85. The summed E-state index contributed by atoms with van der Waals surface area (Å²) in [6.45, 7) is 3.86. The molecule has 4 aromatic rings. The third-order valence-electron chi connectivity index (χ3n) is 7.69. The maximum Gasteiger partial charge on any atom is 0.257 e. The Morgan fingerprint density at radius 2 is 2.00 bits per heavy atom. The molecule has 9 heteroatoms. The van der Waals surface area contributed by atoms with Crippen LogP contribution in [0.1, 0.15) is 46.0 Å². The molecule has 178 valence electrons. The normalized spacial score (nSPS) is 24.8. The molecule has 7 rings (SSSR count). The van der Waals surface area contributed by atoms with Gasteiger partial charge in [-0.15, -0.1) is 11.3 Å². The number of aromatic nitrogens is 4. The van der Waals surface area contributed by atoms with Gasteiger partial charge in [-0.2, -0.15) is 0 Å². The SMILES string of the molecule is CC1CCc2nc(NC(=O)c3ccc(-c4nc([C@H]5[C@@H]6COC[C@@H]65)n5ccnc(N)c45)cc3)sc2C1. The van der Waals surface area contributed by atoms with Crippen molar-refractivity contribution in [2.45, 2.75) is 32.1 Å². The maximum atomic E-state index is 12.9. The molecule has 2 fully saturated rings. The van der Waals surface area contributed by atoms with E-state index in [1.54, 1.807) is 17.5 Å². The van der Waals surface area contributed by atoms with Crippen molar-refractivity contribution < 1.29 is 9.53 Å². The van der Waals surface area contributed by atoms with Crippen LogP contribution in [0, 0.1) is 17.8 Å². The van der Waals surface area contributed by atoms with Crippen LogP contribution in [-0.2, 0) is 17.6 Å². The number of imidazole rings is 1. The van der Waals surface area contributed by atoms with E-state index in [-0.39, 0.29) is 5.91 Å². The largest absolute Gasteiger partial charge is 0.382 e. The van der Waals surface area contributed by atoms with Crippen molar-refractivity contribution in [2.75, 3.05) is 24.3 Å². The lowest BCUT2D eigenvalue weighted by atomic mass is 9.93. The summed E-state index contributed by atoms with van der Waals surface area (Å²) in [5.41, 5.74) is 10.5. The Morgan fingerprint density at radius 1 is 1.20 bits per heavy atom. The minimum atomic E-state index is -0.155. The summed E-state index contributed by atoms with van der Waals surface area (Å²) in [5.74, 6) is 3.46. The molecule has 0 radical (unpaired) electrons. The maximum absolute atomic E-state index is 12.9. The van der Waals surface area contributed by atoms with Gasteiger partial charge in [0.15, 0.2) is 5.13 Å². The highest BCUT2D eigenvalue weighted by Crippen LogP contribution is 2.57. The van der Waals surface area contributed by atoms with E-state index in [9.17, 15) is 4.79 Å². The predicted octanol–water partition coefficient (Wildman–Crippen LogP) is 4.17. The van der Waals surface area contributed by atoms with Crippen molar-refractivity contribution in [3.8, 4) is 11.3 Å². The lowest BCUT2D eigenvalue weighted by Crippen LogP contribution is -2.12. The second-order valence-corrected chi connectivity index (χ2v) is 11.1. The Morgan fingerprint density at radius 3 is 2.80 bits per heavy atom. The molecular formula is C26H26N6O2S. The Hall–Kier alpha value is -3.30. The van der Waals surface area contributed by atoms with Crippen molar-refractivity contribution in [1.82, 2.24) is 19.4 Å². The zero-order valence-corrected chi connectivity index (χ0v) is 20.2. The van der Waals surface area contributed by atoms with Crippen molar-refractivity contribution >= 4 is 33.7 Å². The van der Waals surface area contributed by atoms with Crippen LogP contribution in [0.4, 0.5) is 10.9 Å². The minimum Gasteiger partial charge on any atom is -0.382 e. The summed E-state index contributed by atoms with van der Waals surface area (Å²) < 4.78 is 7.65. The molecule has 1 aliphatic heterocycles. The molecule has 0 spiro atoms. The van der Waals surface area contributed by atoms with Gasteiger partial charge >= 0.3 is 0 Å². The van der Waals surface area contributed by atoms with Crippen molar-refractivity contribution in [2.24, 2.45) is 17.8 Å². The number of ether oxygens (including phenoxy) is 1. The topological polar surface area (TPSA) is 107 Å². The van der Waals surface area contributed by atoms with E-state index in [4.69, 9.17) is 15.5 Å². The zero-order chi connectivity index (χ0) is 23.7. The first-order valence-corrected chi connectivity index (χ1v) is 13.0. The average molecular weight is 487 g/mol. The molecule has 0 bridgehead atoms. The second kappa shape index (κ2) is 7.86. The molecule has 3 aliphatic rings. The summed E-state index contributed by atoms with van der Waals surface area (Å²) >= 11 is 1.60. The highest BCUT2D eigenvalue weighted by Gasteiger charge is 2.56. The molecule has 1 saturated heterocycles. The quantitative estimate of drug-likeness (QED) is 0.448. The molecular weight excluding hydrogens is 460 g/mol. The highest BCUT2D eigenvalue weighted by atomic mass is 32.1. The number of nitrogen functional groups attached to an aromatic ring is 1. The smallest absolute Gasteiger partial charge is 0.257 e. The monoisotopic (exact) mass is 486 g/mol. The van der Waals surface area contributed by atoms with E-state index < -0.39 is 0 Å². The molecule has 1 saturated carbocycles. The highest BCUT2D eigenvalue weighted by molar-refractivity contribution is 7.15. The van der Waals surface area contributed by atoms with Crippen LogP contribution in [0.2, 0.25) is 0 Å². The Labute approximate surface area is 206 Å². The first-order chi connectivity index (χ1) is 17.1. The van der Waals surface area contributed by atoms with Crippen LogP contribution in [0.15, 0.2) is 36.7 Å². The van der Waals surface area contributed by atoms with Crippen LogP contribution in [0.3, 0.4) is 0 Å². The van der Waals surface area contributed by atoms with Gasteiger partial charge in [0.2, 0.25) is 0 Å². The molecule has 1 amide bonds. The van der Waals surface area contributed by atoms with Gasteiger partial charge in [0, 0.05) is 34.3 Å². The van der Waals surface area contributed by atoms with E-state index in [0.717, 1.165) is 60.8 Å². The average Bonchev–Trinajstić information content (AvgIpc) is 3.25. The van der Waals surface area contributed by atoms with Gasteiger partial charge < -0.3 is 10.5 Å². The number of aryl methyl sites for hydroxylation is 1. The van der Waals surface area contributed by atoms with E-state index >= 15 is 0 Å². The van der Waals surface area contributed by atoms with Crippen LogP contribution >= 0.6 is 11.3 Å². The van der Waals surface area contributed by atoms with Gasteiger partial charge in [0.25, 0.3) is 5.91 Å². The molecule has 4 atom stereocenters. The fourth-order valence-electron chi connectivity index (χ4n) is 5.69. The van der Waals surface area contributed by atoms with Gasteiger partial charge in [-0.1, -0.05) is 19.1 Å². The number of nitrogens with one attached hydrogen (secondary N) is 1. The Balaban J connectivity index is 1.16. The number of nitrogens with two attached hydrogens (primary N) is 1. The van der Waals surface area contributed by atoms with E-state index in [1.807, 2.05) is 30.5 Å². The molecule has 2 aliphatic carbocycles. The lowest BCUT2D eigenvalue weighted by Gasteiger charge is -2.15. The number of thiazole rings is 1. The number of amides is 1. The van der Waals surface area contributed by atoms with E-state index in [0.29, 0.717) is 40.2 Å². The Kier molecular flexibility index (Phi) is 4.72. The van der Waals surface area contributed by atoms with Gasteiger partial charge in [-0.3, -0.25) is 14.5 Å². The second-order valence-electron chi connectivity index (χ2n) is 10.0. The van der Waals surface area contributed by atoms with Crippen molar-refractivity contribution in [3.63, 3.8) is 0 Å². The number of carbonyl (C=O) groups is 1. The molecule has 1 unspecified atom stereocenters. The summed E-state index contributed by atoms with van der Waals surface area (Å²) in [6.07, 6.45) is 6.85. The standard InChI is InChI=1S/C26H26N6O2S/c1-13-2-7-18-19(10-13)35-26(29-18)31-25(33)15-5-3-14(4-6-15)21-22-23(27)28-8-9-32(22)24(30-21)20-16-11-34-12-17(16)20/h3-6,8-9,13,16-17,20H,2,7,10-12H2,1H3,(H2,27,28)(H,29,31,33)/t13?,16-,17+,20+. The Bertz CT molecular complexity index is 1450. The van der Waals surface area contributed by atoms with Gasteiger partial charge in [-0.05, 0) is 49.1 Å². The van der Waals surface area contributed by atoms with Gasteiger partial charge in [0.1, 0.15) is 22.9 Å². The number of hydrogen-bond acceptors (Lipinski definition) is 7. The molecule has 3 aromatic heterocycles. The fraction of sp³-hybridized carbons (Fsp3) is 0.385. The van der Waals surface area contributed by atoms with E-state index in [1.165, 1.54) is 4.88 Å². The van der Waals surface area contributed by atoms with E-state index in [2.05, 4.69) is 26.6 Å². The number of anilines is 2. The van der Waals surface area contributed by atoms with Crippen LogP contribution in [-0.4, -0.2) is 38.5 Å². The summed E-state index contributed by atoms with van der Waals surface area (Å²) in [5, 5.41) is 3.67. The first-order valence-electron chi connectivity index (χ1n) is 12.2. The molecule has 3 N–H and O–H groups in total. The predicted molar refractivity (Wildman–Crippen MR) is 135 cm³/mol. The number of rotatable bonds is 4. The molecule has 4 heterocycles. The van der Waals surface area contributed by atoms with Gasteiger partial charge in [0.05, 0.1) is 18.9 Å². The molecule has 8 nitrogen and oxygen atoms in total. The summed E-state index contributed by atoms with van der Waals surface area (Å²) in [6, 6.07) is 7.52. The van der Waals surface area contributed by atoms with Crippen LogP contribution in [0.25, 0.3) is 16.8 Å². The third kappa shape index (κ3) is 3.44. The van der Waals surface area contributed by atoms with Crippen LogP contribution in [0.5, 0.6) is 0 Å². The number of benzene rings is 1.